The largest absolute Gasteiger partial charge is 0.325 e. The fraction of sp³-hybridized carbons (Fsp3) is 0.619. The molecule has 6 nitrogen and oxygen atoms in total. The van der Waals surface area contributed by atoms with Crippen LogP contribution in [0.5, 0.6) is 0 Å². The number of urea groups is 1. The van der Waals surface area contributed by atoms with Crippen LogP contribution in [0.4, 0.5) is 4.79 Å². The van der Waals surface area contributed by atoms with Gasteiger partial charge in [0.15, 0.2) is 0 Å². The molecule has 6 heteroatoms. The van der Waals surface area contributed by atoms with E-state index in [2.05, 4.69) is 46.4 Å². The van der Waals surface area contributed by atoms with Crippen LogP contribution in [0.15, 0.2) is 30.3 Å². The van der Waals surface area contributed by atoms with Crippen molar-refractivity contribution in [2.45, 2.75) is 43.7 Å². The Morgan fingerprint density at radius 1 is 1.11 bits per heavy atom. The van der Waals surface area contributed by atoms with Crippen molar-refractivity contribution in [1.82, 2.24) is 20.0 Å². The van der Waals surface area contributed by atoms with Gasteiger partial charge in [0.1, 0.15) is 5.54 Å². The Balaban J connectivity index is 1.35. The highest BCUT2D eigenvalue weighted by Gasteiger charge is 2.54. The summed E-state index contributed by atoms with van der Waals surface area (Å²) in [5, 5.41) is 3.07. The third-order valence-corrected chi connectivity index (χ3v) is 6.43. The Morgan fingerprint density at radius 2 is 1.85 bits per heavy atom. The summed E-state index contributed by atoms with van der Waals surface area (Å²) in [6.45, 7) is 4.55. The molecule has 146 valence electrons. The Bertz CT molecular complexity index is 685. The number of amides is 3. The second kappa shape index (κ2) is 7.60. The molecule has 0 bridgehead atoms. The Kier molecular flexibility index (Phi) is 5.19. The molecule has 3 heterocycles. The van der Waals surface area contributed by atoms with E-state index < -0.39 is 5.54 Å². The summed E-state index contributed by atoms with van der Waals surface area (Å²) in [4.78, 5) is 32.0. The Morgan fingerprint density at radius 3 is 2.56 bits per heavy atom. The molecule has 1 spiro atoms. The van der Waals surface area contributed by atoms with Crippen LogP contribution in [0.2, 0.25) is 0 Å². The number of imide groups is 1. The van der Waals surface area contributed by atoms with E-state index in [1.165, 1.54) is 10.5 Å². The van der Waals surface area contributed by atoms with Gasteiger partial charge in [-0.05, 0) is 51.3 Å². The van der Waals surface area contributed by atoms with Crippen molar-refractivity contribution in [1.29, 1.82) is 0 Å². The van der Waals surface area contributed by atoms with Crippen molar-refractivity contribution in [2.24, 2.45) is 0 Å². The SMILES string of the molecule is CN1CCC[C@@H](N2C(=O)NC3(CCN(CCc4ccccc4)CC3)C2=O)C1. The second-order valence-corrected chi connectivity index (χ2v) is 8.32. The van der Waals surface area contributed by atoms with E-state index in [9.17, 15) is 9.59 Å². The first-order valence-electron chi connectivity index (χ1n) is 10.2. The minimum Gasteiger partial charge on any atom is -0.323 e. The van der Waals surface area contributed by atoms with E-state index in [0.29, 0.717) is 12.8 Å². The molecule has 0 unspecified atom stereocenters. The van der Waals surface area contributed by atoms with E-state index >= 15 is 0 Å². The van der Waals surface area contributed by atoms with Gasteiger partial charge < -0.3 is 15.1 Å². The maximum absolute atomic E-state index is 13.2. The molecule has 3 amide bonds. The lowest BCUT2D eigenvalue weighted by molar-refractivity contribution is -0.135. The molecule has 3 aliphatic heterocycles. The molecule has 1 aromatic rings. The summed E-state index contributed by atoms with van der Waals surface area (Å²) in [5.74, 6) is 0.00973. The van der Waals surface area contributed by atoms with Gasteiger partial charge in [-0.25, -0.2) is 4.79 Å². The van der Waals surface area contributed by atoms with Gasteiger partial charge in [0.2, 0.25) is 0 Å². The van der Waals surface area contributed by atoms with Crippen LogP contribution in [0.25, 0.3) is 0 Å². The quantitative estimate of drug-likeness (QED) is 0.820. The molecule has 0 aliphatic carbocycles. The number of nitrogens with zero attached hydrogens (tertiary/aromatic N) is 3. The van der Waals surface area contributed by atoms with E-state index in [1.807, 2.05) is 6.07 Å². The number of hydrogen-bond donors (Lipinski definition) is 1. The van der Waals surface area contributed by atoms with Gasteiger partial charge >= 0.3 is 6.03 Å². The molecule has 3 aliphatic rings. The Hall–Kier alpha value is -1.92. The third-order valence-electron chi connectivity index (χ3n) is 6.43. The molecular weight excluding hydrogens is 340 g/mol. The summed E-state index contributed by atoms with van der Waals surface area (Å²) in [5.41, 5.74) is 0.673. The molecule has 4 rings (SSSR count). The first-order chi connectivity index (χ1) is 13.1. The van der Waals surface area contributed by atoms with Gasteiger partial charge in [0.05, 0.1) is 6.04 Å². The zero-order valence-corrected chi connectivity index (χ0v) is 16.2. The lowest BCUT2D eigenvalue weighted by Gasteiger charge is -2.38. The lowest BCUT2D eigenvalue weighted by atomic mass is 9.87. The first-order valence-corrected chi connectivity index (χ1v) is 10.2. The summed E-state index contributed by atoms with van der Waals surface area (Å²) >= 11 is 0. The van der Waals surface area contributed by atoms with Crippen LogP contribution < -0.4 is 5.32 Å². The molecule has 0 radical (unpaired) electrons. The number of likely N-dealkylation sites (tertiary alicyclic amines) is 2. The summed E-state index contributed by atoms with van der Waals surface area (Å²) < 4.78 is 0. The van der Waals surface area contributed by atoms with Crippen LogP contribution in [-0.4, -0.2) is 78.0 Å². The van der Waals surface area contributed by atoms with Gasteiger partial charge in [0.25, 0.3) is 5.91 Å². The highest BCUT2D eigenvalue weighted by molar-refractivity contribution is 6.07. The smallest absolute Gasteiger partial charge is 0.323 e. The van der Waals surface area contributed by atoms with Gasteiger partial charge in [-0.3, -0.25) is 9.69 Å². The minimum absolute atomic E-state index is 0.00973. The number of benzene rings is 1. The molecule has 3 saturated heterocycles. The zero-order chi connectivity index (χ0) is 18.9. The number of piperidine rings is 2. The van der Waals surface area contributed by atoms with Gasteiger partial charge in [-0.15, -0.1) is 0 Å². The van der Waals surface area contributed by atoms with Gasteiger partial charge in [-0.2, -0.15) is 0 Å². The van der Waals surface area contributed by atoms with Crippen molar-refractivity contribution in [3.8, 4) is 0 Å². The molecule has 27 heavy (non-hydrogen) atoms. The molecule has 0 aromatic heterocycles. The summed E-state index contributed by atoms with van der Waals surface area (Å²) in [6.07, 6.45) is 4.41. The highest BCUT2D eigenvalue weighted by Crippen LogP contribution is 2.32. The van der Waals surface area contributed by atoms with Crippen LogP contribution in [0.3, 0.4) is 0 Å². The minimum atomic E-state index is -0.670. The van der Waals surface area contributed by atoms with Gasteiger partial charge in [-0.1, -0.05) is 30.3 Å². The number of rotatable bonds is 4. The maximum Gasteiger partial charge on any atom is 0.325 e. The maximum atomic E-state index is 13.2. The standard InChI is InChI=1S/C21H30N4O2/c1-23-12-5-8-18(16-23)25-19(26)21(22-20(25)27)10-14-24(15-11-21)13-9-17-6-3-2-4-7-17/h2-4,6-7,18H,5,8-16H2,1H3,(H,22,27)/t18-/m1/s1. The number of carbonyl (C=O) groups excluding carboxylic acids is 2. The first kappa shape index (κ1) is 18.4. The number of hydrogen-bond acceptors (Lipinski definition) is 4. The molecule has 1 N–H and O–H groups in total. The molecular formula is C21H30N4O2. The predicted molar refractivity (Wildman–Crippen MR) is 104 cm³/mol. The molecule has 1 aromatic carbocycles. The number of carbonyl (C=O) groups is 2. The van der Waals surface area contributed by atoms with E-state index in [-0.39, 0.29) is 18.0 Å². The van der Waals surface area contributed by atoms with E-state index in [4.69, 9.17) is 0 Å². The van der Waals surface area contributed by atoms with Crippen molar-refractivity contribution >= 4 is 11.9 Å². The average molecular weight is 370 g/mol. The van der Waals surface area contributed by atoms with Crippen LogP contribution in [-0.2, 0) is 11.2 Å². The Labute approximate surface area is 161 Å². The summed E-state index contributed by atoms with van der Waals surface area (Å²) in [6, 6.07) is 10.3. The fourth-order valence-electron chi connectivity index (χ4n) is 4.75. The van der Waals surface area contributed by atoms with Crippen LogP contribution in [0, 0.1) is 0 Å². The number of likely N-dealkylation sites (N-methyl/N-ethyl adjacent to an activating group) is 1. The number of nitrogens with one attached hydrogen (secondary N) is 1. The second-order valence-electron chi connectivity index (χ2n) is 8.32. The zero-order valence-electron chi connectivity index (χ0n) is 16.2. The summed E-state index contributed by atoms with van der Waals surface area (Å²) in [7, 11) is 2.06. The van der Waals surface area contributed by atoms with E-state index in [0.717, 1.165) is 52.0 Å². The van der Waals surface area contributed by atoms with Crippen LogP contribution >= 0.6 is 0 Å². The lowest BCUT2D eigenvalue weighted by Crippen LogP contribution is -2.56. The topological polar surface area (TPSA) is 55.9 Å². The third kappa shape index (κ3) is 3.73. The van der Waals surface area contributed by atoms with Crippen molar-refractivity contribution in [3.05, 3.63) is 35.9 Å². The fourth-order valence-corrected chi connectivity index (χ4v) is 4.75. The predicted octanol–water partition coefficient (Wildman–Crippen LogP) is 1.71. The van der Waals surface area contributed by atoms with Gasteiger partial charge in [0, 0.05) is 26.2 Å². The monoisotopic (exact) mass is 370 g/mol. The van der Waals surface area contributed by atoms with Crippen molar-refractivity contribution < 1.29 is 9.59 Å². The molecule has 0 saturated carbocycles. The molecule has 3 fully saturated rings. The van der Waals surface area contributed by atoms with Crippen LogP contribution in [0.1, 0.15) is 31.2 Å². The normalized spacial score (nSPS) is 26.6. The molecule has 1 atom stereocenters. The van der Waals surface area contributed by atoms with Crippen molar-refractivity contribution in [2.75, 3.05) is 39.8 Å². The van der Waals surface area contributed by atoms with Crippen molar-refractivity contribution in [3.63, 3.8) is 0 Å². The highest BCUT2D eigenvalue weighted by atomic mass is 16.2. The van der Waals surface area contributed by atoms with E-state index in [1.54, 1.807) is 0 Å². The average Bonchev–Trinajstić information content (AvgIpc) is 2.92.